The van der Waals surface area contributed by atoms with E-state index >= 15 is 0 Å². The van der Waals surface area contributed by atoms with E-state index in [-0.39, 0.29) is 5.56 Å². The average molecular weight is 313 g/mol. The van der Waals surface area contributed by atoms with Gasteiger partial charge >= 0.3 is 0 Å². The van der Waals surface area contributed by atoms with Crippen molar-refractivity contribution in [2.45, 2.75) is 6.54 Å². The molecule has 0 saturated heterocycles. The second kappa shape index (κ2) is 6.08. The minimum absolute atomic E-state index is 0.115. The van der Waals surface area contributed by atoms with Gasteiger partial charge in [-0.2, -0.15) is 5.10 Å². The Morgan fingerprint density at radius 1 is 0.833 bits per heavy atom. The van der Waals surface area contributed by atoms with Crippen LogP contribution in [0.25, 0.3) is 22.0 Å². The molecule has 0 unspecified atom stereocenters. The van der Waals surface area contributed by atoms with Gasteiger partial charge in [0.05, 0.1) is 12.2 Å². The van der Waals surface area contributed by atoms with Crippen LogP contribution in [0.5, 0.6) is 0 Å². The fourth-order valence-corrected chi connectivity index (χ4v) is 2.82. The molecule has 0 amide bonds. The van der Waals surface area contributed by atoms with Crippen molar-refractivity contribution >= 4 is 10.8 Å². The maximum Gasteiger partial charge on any atom is 0.267 e. The first-order chi connectivity index (χ1) is 11.8. The summed E-state index contributed by atoms with van der Waals surface area (Å²) in [7, 11) is 0. The molecule has 0 spiro atoms. The molecule has 0 radical (unpaired) electrons. The van der Waals surface area contributed by atoms with E-state index in [9.17, 15) is 4.79 Å². The van der Waals surface area contributed by atoms with Gasteiger partial charge in [-0.1, -0.05) is 42.5 Å². The lowest BCUT2D eigenvalue weighted by Crippen LogP contribution is -2.22. The van der Waals surface area contributed by atoms with Gasteiger partial charge in [0.2, 0.25) is 0 Å². The van der Waals surface area contributed by atoms with Gasteiger partial charge in [-0.25, -0.2) is 4.68 Å². The quantitative estimate of drug-likeness (QED) is 0.581. The zero-order chi connectivity index (χ0) is 16.4. The van der Waals surface area contributed by atoms with Crippen molar-refractivity contribution in [1.82, 2.24) is 14.8 Å². The standard InChI is InChI=1S/C20H15N3O/c24-20-9-8-19(22-23(20)14-15-10-12-21-13-11-15)18-7-3-5-16-4-1-2-6-17(16)18/h1-13H,14H2. The number of benzene rings is 2. The highest BCUT2D eigenvalue weighted by Gasteiger charge is 2.07. The van der Waals surface area contributed by atoms with Crippen LogP contribution < -0.4 is 5.56 Å². The Morgan fingerprint density at radius 3 is 2.50 bits per heavy atom. The van der Waals surface area contributed by atoms with Crippen molar-refractivity contribution in [2.75, 3.05) is 0 Å². The van der Waals surface area contributed by atoms with Crippen molar-refractivity contribution in [3.05, 3.63) is 95.0 Å². The second-order valence-electron chi connectivity index (χ2n) is 5.60. The zero-order valence-electron chi connectivity index (χ0n) is 13.0. The summed E-state index contributed by atoms with van der Waals surface area (Å²) < 4.78 is 1.49. The number of hydrogen-bond donors (Lipinski definition) is 0. The third kappa shape index (κ3) is 2.70. The number of aromatic nitrogens is 3. The Kier molecular flexibility index (Phi) is 3.63. The van der Waals surface area contributed by atoms with Crippen LogP contribution in [0.3, 0.4) is 0 Å². The molecular weight excluding hydrogens is 298 g/mol. The van der Waals surface area contributed by atoms with E-state index in [2.05, 4.69) is 28.3 Å². The van der Waals surface area contributed by atoms with Crippen LogP contribution in [-0.4, -0.2) is 14.8 Å². The smallest absolute Gasteiger partial charge is 0.267 e. The zero-order valence-corrected chi connectivity index (χ0v) is 13.0. The largest absolute Gasteiger partial charge is 0.268 e. The van der Waals surface area contributed by atoms with Gasteiger partial charge in [0.25, 0.3) is 5.56 Å². The van der Waals surface area contributed by atoms with Crippen molar-refractivity contribution in [1.29, 1.82) is 0 Å². The van der Waals surface area contributed by atoms with E-state index < -0.39 is 0 Å². The van der Waals surface area contributed by atoms with Crippen LogP contribution in [0.2, 0.25) is 0 Å². The molecule has 0 fully saturated rings. The van der Waals surface area contributed by atoms with Crippen LogP contribution in [0.4, 0.5) is 0 Å². The Hall–Kier alpha value is -3.27. The third-order valence-electron chi connectivity index (χ3n) is 4.01. The first-order valence-electron chi connectivity index (χ1n) is 7.76. The van der Waals surface area contributed by atoms with Gasteiger partial charge in [-0.05, 0) is 34.5 Å². The molecule has 4 rings (SSSR count). The van der Waals surface area contributed by atoms with Crippen molar-refractivity contribution in [2.24, 2.45) is 0 Å². The molecule has 0 saturated carbocycles. The number of nitrogens with zero attached hydrogens (tertiary/aromatic N) is 3. The van der Waals surface area contributed by atoms with Crippen LogP contribution >= 0.6 is 0 Å². The summed E-state index contributed by atoms with van der Waals surface area (Å²) in [5.41, 5.74) is 2.70. The molecule has 24 heavy (non-hydrogen) atoms. The average Bonchev–Trinajstić information content (AvgIpc) is 2.64. The molecular formula is C20H15N3O. The van der Waals surface area contributed by atoms with Gasteiger partial charge in [0.1, 0.15) is 0 Å². The lowest BCUT2D eigenvalue weighted by Gasteiger charge is -2.09. The van der Waals surface area contributed by atoms with Gasteiger partial charge in [0.15, 0.2) is 0 Å². The van der Waals surface area contributed by atoms with E-state index in [1.165, 1.54) is 4.68 Å². The Balaban J connectivity index is 1.82. The van der Waals surface area contributed by atoms with Crippen LogP contribution in [0.15, 0.2) is 83.9 Å². The van der Waals surface area contributed by atoms with Crippen molar-refractivity contribution in [3.8, 4) is 11.3 Å². The summed E-state index contributed by atoms with van der Waals surface area (Å²) in [4.78, 5) is 16.2. The molecule has 116 valence electrons. The van der Waals surface area contributed by atoms with E-state index in [0.717, 1.165) is 27.6 Å². The van der Waals surface area contributed by atoms with Crippen LogP contribution in [-0.2, 0) is 6.54 Å². The highest BCUT2D eigenvalue weighted by atomic mass is 16.1. The highest BCUT2D eigenvalue weighted by Crippen LogP contribution is 2.26. The fourth-order valence-electron chi connectivity index (χ4n) is 2.82. The van der Waals surface area contributed by atoms with Crippen LogP contribution in [0, 0.1) is 0 Å². The SMILES string of the molecule is O=c1ccc(-c2cccc3ccccc23)nn1Cc1ccncc1. The predicted octanol–water partition coefficient (Wildman–Crippen LogP) is 3.51. The number of rotatable bonds is 3. The first-order valence-corrected chi connectivity index (χ1v) is 7.76. The molecule has 4 heteroatoms. The molecule has 4 aromatic rings. The number of pyridine rings is 1. The minimum Gasteiger partial charge on any atom is -0.268 e. The molecule has 0 bridgehead atoms. The van der Waals surface area contributed by atoms with Crippen LogP contribution in [0.1, 0.15) is 5.56 Å². The Labute approximate surface area is 139 Å². The molecule has 2 aromatic heterocycles. The van der Waals surface area contributed by atoms with E-state index in [1.807, 2.05) is 36.4 Å². The predicted molar refractivity (Wildman–Crippen MR) is 94.8 cm³/mol. The Bertz CT molecular complexity index is 1050. The maximum absolute atomic E-state index is 12.2. The highest BCUT2D eigenvalue weighted by molar-refractivity contribution is 5.95. The number of fused-ring (bicyclic) bond motifs is 1. The summed E-state index contributed by atoms with van der Waals surface area (Å²) in [6.07, 6.45) is 3.43. The second-order valence-corrected chi connectivity index (χ2v) is 5.60. The van der Waals surface area contributed by atoms with Gasteiger partial charge in [0, 0.05) is 24.0 Å². The maximum atomic E-state index is 12.2. The summed E-state index contributed by atoms with van der Waals surface area (Å²) in [5, 5.41) is 6.85. The minimum atomic E-state index is -0.115. The number of hydrogen-bond acceptors (Lipinski definition) is 3. The Morgan fingerprint density at radius 2 is 1.62 bits per heavy atom. The van der Waals surface area contributed by atoms with Gasteiger partial charge in [-0.15, -0.1) is 0 Å². The third-order valence-corrected chi connectivity index (χ3v) is 4.01. The molecule has 0 aliphatic heterocycles. The molecule has 0 atom stereocenters. The molecule has 2 aromatic carbocycles. The van der Waals surface area contributed by atoms with E-state index in [4.69, 9.17) is 0 Å². The van der Waals surface area contributed by atoms with Crippen molar-refractivity contribution in [3.63, 3.8) is 0 Å². The van der Waals surface area contributed by atoms with Gasteiger partial charge < -0.3 is 0 Å². The lowest BCUT2D eigenvalue weighted by atomic mass is 10.0. The van der Waals surface area contributed by atoms with Crippen molar-refractivity contribution < 1.29 is 0 Å². The molecule has 4 nitrogen and oxygen atoms in total. The topological polar surface area (TPSA) is 47.8 Å². The molecule has 2 heterocycles. The summed E-state index contributed by atoms with van der Waals surface area (Å²) in [6, 6.07) is 21.4. The summed E-state index contributed by atoms with van der Waals surface area (Å²) in [6.45, 7) is 0.431. The lowest BCUT2D eigenvalue weighted by molar-refractivity contribution is 0.642. The van der Waals surface area contributed by atoms with E-state index in [1.54, 1.807) is 24.5 Å². The normalized spacial score (nSPS) is 10.8. The molecule has 0 N–H and O–H groups in total. The fraction of sp³-hybridized carbons (Fsp3) is 0.0500. The van der Waals surface area contributed by atoms with Gasteiger partial charge in [-0.3, -0.25) is 9.78 Å². The van der Waals surface area contributed by atoms with E-state index in [0.29, 0.717) is 6.54 Å². The first kappa shape index (κ1) is 14.3. The summed E-state index contributed by atoms with van der Waals surface area (Å²) >= 11 is 0. The molecule has 0 aliphatic rings. The summed E-state index contributed by atoms with van der Waals surface area (Å²) in [5.74, 6) is 0. The molecule has 0 aliphatic carbocycles. The monoisotopic (exact) mass is 313 g/mol.